The molecule has 0 N–H and O–H groups in total. The monoisotopic (exact) mass is 475 g/mol. The molecule has 176 valence electrons. The molecule has 3 aromatic carbocycles. The van der Waals surface area contributed by atoms with Crippen LogP contribution in [0.25, 0.3) is 0 Å². The van der Waals surface area contributed by atoms with Gasteiger partial charge >= 0.3 is 5.97 Å². The van der Waals surface area contributed by atoms with Crippen LogP contribution in [0.2, 0.25) is 0 Å². The summed E-state index contributed by atoms with van der Waals surface area (Å²) < 4.78 is 5.14. The Labute approximate surface area is 205 Å². The fourth-order valence-corrected chi connectivity index (χ4v) is 4.53. The average Bonchev–Trinajstić information content (AvgIpc) is 2.87. The van der Waals surface area contributed by atoms with Gasteiger partial charge in [0.15, 0.2) is 11.2 Å². The first-order chi connectivity index (χ1) is 16.5. The van der Waals surface area contributed by atoms with E-state index in [-0.39, 0.29) is 17.6 Å². The molecule has 34 heavy (non-hydrogen) atoms. The molecule has 0 fully saturated rings. The maximum Gasteiger partial charge on any atom is 0.333 e. The van der Waals surface area contributed by atoms with Gasteiger partial charge in [-0.3, -0.25) is 9.59 Å². The Morgan fingerprint density at radius 1 is 0.824 bits per heavy atom. The Morgan fingerprint density at radius 3 is 1.88 bits per heavy atom. The summed E-state index contributed by atoms with van der Waals surface area (Å²) in [5.41, 5.74) is 2.58. The number of thioether (sulfide) groups is 1. The third-order valence-corrected chi connectivity index (χ3v) is 6.47. The van der Waals surface area contributed by atoms with Crippen LogP contribution < -0.4 is 0 Å². The largest absolute Gasteiger partial charge is 0.467 e. The van der Waals surface area contributed by atoms with Gasteiger partial charge in [0, 0.05) is 19.2 Å². The number of rotatable bonds is 10. The summed E-state index contributed by atoms with van der Waals surface area (Å²) in [6, 6.07) is 27.6. The highest BCUT2D eigenvalue weighted by Gasteiger charge is 2.36. The highest BCUT2D eigenvalue weighted by atomic mass is 32.2. The summed E-state index contributed by atoms with van der Waals surface area (Å²) in [5, 5.41) is -0.0481. The number of methoxy groups -OCH3 is 1. The molecule has 2 atom stereocenters. The van der Waals surface area contributed by atoms with E-state index in [4.69, 9.17) is 4.74 Å². The van der Waals surface area contributed by atoms with Crippen molar-refractivity contribution in [3.05, 3.63) is 108 Å². The third-order valence-electron chi connectivity index (χ3n) is 5.49. The van der Waals surface area contributed by atoms with Crippen LogP contribution in [0.5, 0.6) is 0 Å². The van der Waals surface area contributed by atoms with Crippen LogP contribution in [-0.4, -0.2) is 34.8 Å². The van der Waals surface area contributed by atoms with Crippen LogP contribution in [0, 0.1) is 5.92 Å². The summed E-state index contributed by atoms with van der Waals surface area (Å²) in [7, 11) is 1.33. The molecular formula is C28H29NO4S. The van der Waals surface area contributed by atoms with Gasteiger partial charge in [-0.25, -0.2) is 4.79 Å². The summed E-state index contributed by atoms with van der Waals surface area (Å²) in [6.45, 7) is 1.74. The summed E-state index contributed by atoms with van der Waals surface area (Å²) in [5.74, 6) is -0.860. The smallest absolute Gasteiger partial charge is 0.333 e. The molecule has 3 rings (SSSR count). The third kappa shape index (κ3) is 7.06. The van der Waals surface area contributed by atoms with Crippen molar-refractivity contribution in [2.24, 2.45) is 5.92 Å². The van der Waals surface area contributed by atoms with Crippen molar-refractivity contribution in [3.63, 3.8) is 0 Å². The lowest BCUT2D eigenvalue weighted by molar-refractivity contribution is -0.155. The second-order valence-corrected chi connectivity index (χ2v) is 9.17. The zero-order chi connectivity index (χ0) is 24.3. The second-order valence-electron chi connectivity index (χ2n) is 7.98. The summed E-state index contributed by atoms with van der Waals surface area (Å²) in [6.07, 6.45) is 0.466. The molecule has 0 saturated heterocycles. The van der Waals surface area contributed by atoms with Crippen LogP contribution in [-0.2, 0) is 32.1 Å². The molecule has 0 saturated carbocycles. The van der Waals surface area contributed by atoms with Gasteiger partial charge in [0.25, 0.3) is 0 Å². The molecule has 0 spiro atoms. The molecule has 0 heterocycles. The van der Waals surface area contributed by atoms with E-state index in [0.29, 0.717) is 17.7 Å². The Bertz CT molecular complexity index is 1070. The van der Waals surface area contributed by atoms with Gasteiger partial charge in [-0.2, -0.15) is 0 Å². The Hall–Kier alpha value is -3.38. The minimum absolute atomic E-state index is 0.0481. The van der Waals surface area contributed by atoms with E-state index in [9.17, 15) is 14.4 Å². The summed E-state index contributed by atoms with van der Waals surface area (Å²) in [4.78, 5) is 40.5. The molecule has 5 nitrogen and oxygen atoms in total. The van der Waals surface area contributed by atoms with E-state index < -0.39 is 17.9 Å². The SMILES string of the molecule is COC(=O)C(c1ccccc1)N(Cc1ccccc1)C(=O)C(CSC(C)=O)Cc1ccccc1. The van der Waals surface area contributed by atoms with E-state index in [1.807, 2.05) is 91.0 Å². The lowest BCUT2D eigenvalue weighted by Crippen LogP contribution is -2.43. The van der Waals surface area contributed by atoms with Gasteiger partial charge in [0.2, 0.25) is 5.91 Å². The molecule has 0 aromatic heterocycles. The number of hydrogen-bond donors (Lipinski definition) is 0. The Kier molecular flexibility index (Phi) is 9.47. The first kappa shape index (κ1) is 25.2. The molecule has 6 heteroatoms. The normalized spacial score (nSPS) is 12.4. The minimum Gasteiger partial charge on any atom is -0.467 e. The quantitative estimate of drug-likeness (QED) is 0.383. The molecule has 2 unspecified atom stereocenters. The van der Waals surface area contributed by atoms with Crippen molar-refractivity contribution in [3.8, 4) is 0 Å². The molecule has 0 aliphatic carbocycles. The molecule has 0 aliphatic rings. The van der Waals surface area contributed by atoms with Crippen molar-refractivity contribution in [1.82, 2.24) is 4.90 Å². The number of benzene rings is 3. The van der Waals surface area contributed by atoms with Gasteiger partial charge in [0.1, 0.15) is 0 Å². The second kappa shape index (κ2) is 12.8. The fraction of sp³-hybridized carbons (Fsp3) is 0.250. The number of amides is 1. The molecule has 0 radical (unpaired) electrons. The topological polar surface area (TPSA) is 63.7 Å². The minimum atomic E-state index is -0.903. The van der Waals surface area contributed by atoms with Crippen LogP contribution in [0.3, 0.4) is 0 Å². The zero-order valence-electron chi connectivity index (χ0n) is 19.4. The van der Waals surface area contributed by atoms with Crippen molar-refractivity contribution in [1.29, 1.82) is 0 Å². The summed E-state index contributed by atoms with van der Waals surface area (Å²) >= 11 is 1.13. The average molecular weight is 476 g/mol. The highest BCUT2D eigenvalue weighted by molar-refractivity contribution is 8.13. The lowest BCUT2D eigenvalue weighted by Gasteiger charge is -2.33. The fourth-order valence-electron chi connectivity index (χ4n) is 3.84. The van der Waals surface area contributed by atoms with Gasteiger partial charge in [-0.05, 0) is 23.1 Å². The first-order valence-electron chi connectivity index (χ1n) is 11.1. The predicted octanol–water partition coefficient (Wildman–Crippen LogP) is 5.07. The molecule has 0 aliphatic heterocycles. The maximum absolute atomic E-state index is 14.1. The van der Waals surface area contributed by atoms with Crippen LogP contribution in [0.1, 0.15) is 29.7 Å². The van der Waals surface area contributed by atoms with Gasteiger partial charge in [-0.15, -0.1) is 0 Å². The van der Waals surface area contributed by atoms with Crippen LogP contribution in [0.4, 0.5) is 0 Å². The van der Waals surface area contributed by atoms with Crippen molar-refractivity contribution in [2.75, 3.05) is 12.9 Å². The van der Waals surface area contributed by atoms with Crippen molar-refractivity contribution in [2.45, 2.75) is 25.9 Å². The van der Waals surface area contributed by atoms with Crippen molar-refractivity contribution < 1.29 is 19.1 Å². The van der Waals surface area contributed by atoms with E-state index in [0.717, 1.165) is 22.9 Å². The standard InChI is InChI=1S/C28H29NO4S/c1-21(30)34-20-25(18-22-12-6-3-7-13-22)27(31)29(19-23-14-8-4-9-15-23)26(28(32)33-2)24-16-10-5-11-17-24/h3-17,25-26H,18-20H2,1-2H3. The van der Waals surface area contributed by atoms with Crippen molar-refractivity contribution >= 4 is 28.8 Å². The molecule has 0 bridgehead atoms. The number of nitrogens with zero attached hydrogens (tertiary/aromatic N) is 1. The van der Waals surface area contributed by atoms with Crippen LogP contribution in [0.15, 0.2) is 91.0 Å². The zero-order valence-corrected chi connectivity index (χ0v) is 20.2. The van der Waals surface area contributed by atoms with Gasteiger partial charge in [0.05, 0.1) is 13.0 Å². The first-order valence-corrected chi connectivity index (χ1v) is 12.1. The van der Waals surface area contributed by atoms with E-state index >= 15 is 0 Å². The molecule has 1 amide bonds. The molecular weight excluding hydrogens is 446 g/mol. The number of carbonyl (C=O) groups excluding carboxylic acids is 3. The Balaban J connectivity index is 2.02. The van der Waals surface area contributed by atoms with Gasteiger partial charge < -0.3 is 9.64 Å². The highest BCUT2D eigenvalue weighted by Crippen LogP contribution is 2.28. The number of hydrogen-bond acceptors (Lipinski definition) is 5. The van der Waals surface area contributed by atoms with Crippen LogP contribution >= 0.6 is 11.8 Å². The number of carbonyl (C=O) groups is 3. The predicted molar refractivity (Wildman–Crippen MR) is 135 cm³/mol. The van der Waals surface area contributed by atoms with E-state index in [2.05, 4.69) is 0 Å². The van der Waals surface area contributed by atoms with E-state index in [1.165, 1.54) is 14.0 Å². The number of esters is 1. The lowest BCUT2D eigenvalue weighted by atomic mass is 9.96. The Morgan fingerprint density at radius 2 is 1.35 bits per heavy atom. The molecule has 3 aromatic rings. The van der Waals surface area contributed by atoms with E-state index in [1.54, 1.807) is 4.90 Å². The maximum atomic E-state index is 14.1. The van der Waals surface area contributed by atoms with Gasteiger partial charge in [-0.1, -0.05) is 103 Å². The number of ether oxygens (including phenoxy) is 1.